The average Bonchev–Trinajstić information content (AvgIpc) is 2.43. The molecule has 0 bridgehead atoms. The minimum atomic E-state index is -0.314. The van der Waals surface area contributed by atoms with Crippen LogP contribution in [0.4, 0.5) is 4.39 Å². The van der Waals surface area contributed by atoms with Crippen LogP contribution in [0.25, 0.3) is 0 Å². The van der Waals surface area contributed by atoms with E-state index < -0.39 is 0 Å². The molecule has 0 fully saturated rings. The number of rotatable bonds is 8. The third kappa shape index (κ3) is 6.12. The van der Waals surface area contributed by atoms with Gasteiger partial charge in [0.2, 0.25) is 0 Å². The number of nitrogens with one attached hydrogen (secondary N) is 2. The Kier molecular flexibility index (Phi) is 7.15. The monoisotopic (exact) mass is 296 g/mol. The molecule has 0 radical (unpaired) electrons. The fourth-order valence-corrected chi connectivity index (χ4v) is 1.92. The Hall–Kier alpha value is -1.62. The number of benzene rings is 1. The molecule has 1 amide bonds. The molecule has 0 aliphatic carbocycles. The molecule has 5 heteroatoms. The van der Waals surface area contributed by atoms with Gasteiger partial charge in [-0.1, -0.05) is 20.8 Å². The highest BCUT2D eigenvalue weighted by Gasteiger charge is 2.13. The predicted octanol–water partition coefficient (Wildman–Crippen LogP) is 2.65. The van der Waals surface area contributed by atoms with E-state index in [1.54, 1.807) is 6.07 Å². The van der Waals surface area contributed by atoms with Crippen LogP contribution in [-0.4, -0.2) is 25.6 Å². The SMILES string of the molecule is CCNC(C)c1cc(F)ccc1OCC(=O)NCC(C)C. The van der Waals surface area contributed by atoms with Crippen LogP contribution in [-0.2, 0) is 4.79 Å². The van der Waals surface area contributed by atoms with Crippen molar-refractivity contribution in [3.05, 3.63) is 29.6 Å². The highest BCUT2D eigenvalue weighted by Crippen LogP contribution is 2.26. The number of hydrogen-bond acceptors (Lipinski definition) is 3. The van der Waals surface area contributed by atoms with Crippen LogP contribution in [0.15, 0.2) is 18.2 Å². The summed E-state index contributed by atoms with van der Waals surface area (Å²) in [6, 6.07) is 4.30. The van der Waals surface area contributed by atoms with Crippen LogP contribution in [0.5, 0.6) is 5.75 Å². The van der Waals surface area contributed by atoms with Crippen LogP contribution in [0.1, 0.15) is 39.3 Å². The van der Waals surface area contributed by atoms with E-state index in [0.29, 0.717) is 23.8 Å². The molecule has 0 aromatic heterocycles. The third-order valence-corrected chi connectivity index (χ3v) is 3.01. The number of carbonyl (C=O) groups is 1. The molecule has 2 N–H and O–H groups in total. The van der Waals surface area contributed by atoms with E-state index in [2.05, 4.69) is 10.6 Å². The fraction of sp³-hybridized carbons (Fsp3) is 0.562. The van der Waals surface area contributed by atoms with Crippen LogP contribution in [0.3, 0.4) is 0 Å². The number of amides is 1. The van der Waals surface area contributed by atoms with Gasteiger partial charge in [-0.15, -0.1) is 0 Å². The van der Waals surface area contributed by atoms with Crippen LogP contribution in [0.2, 0.25) is 0 Å². The summed E-state index contributed by atoms with van der Waals surface area (Å²) >= 11 is 0. The van der Waals surface area contributed by atoms with Crippen molar-refractivity contribution in [1.29, 1.82) is 0 Å². The predicted molar refractivity (Wildman–Crippen MR) is 81.8 cm³/mol. The summed E-state index contributed by atoms with van der Waals surface area (Å²) in [7, 11) is 0. The van der Waals surface area contributed by atoms with Crippen molar-refractivity contribution in [2.75, 3.05) is 19.7 Å². The molecule has 1 aromatic carbocycles. The maximum atomic E-state index is 13.4. The lowest BCUT2D eigenvalue weighted by atomic mass is 10.1. The van der Waals surface area contributed by atoms with Crippen molar-refractivity contribution >= 4 is 5.91 Å². The van der Waals surface area contributed by atoms with Crippen LogP contribution < -0.4 is 15.4 Å². The third-order valence-electron chi connectivity index (χ3n) is 3.01. The number of halogens is 1. The molecule has 118 valence electrons. The fourth-order valence-electron chi connectivity index (χ4n) is 1.92. The molecule has 0 aliphatic rings. The second-order valence-corrected chi connectivity index (χ2v) is 5.45. The first-order chi connectivity index (χ1) is 9.93. The number of carbonyl (C=O) groups excluding carboxylic acids is 1. The summed E-state index contributed by atoms with van der Waals surface area (Å²) in [6.45, 7) is 9.29. The van der Waals surface area contributed by atoms with Gasteiger partial charge in [-0.05, 0) is 37.6 Å². The Morgan fingerprint density at radius 3 is 2.67 bits per heavy atom. The van der Waals surface area contributed by atoms with Crippen molar-refractivity contribution in [2.24, 2.45) is 5.92 Å². The number of hydrogen-bond donors (Lipinski definition) is 2. The molecule has 0 aliphatic heterocycles. The Morgan fingerprint density at radius 1 is 1.33 bits per heavy atom. The minimum absolute atomic E-state index is 0.0422. The maximum Gasteiger partial charge on any atom is 0.257 e. The van der Waals surface area contributed by atoms with E-state index in [9.17, 15) is 9.18 Å². The first kappa shape index (κ1) is 17.4. The Bertz CT molecular complexity index is 464. The molecule has 21 heavy (non-hydrogen) atoms. The second kappa shape index (κ2) is 8.62. The summed E-state index contributed by atoms with van der Waals surface area (Å²) in [5, 5.41) is 5.99. The van der Waals surface area contributed by atoms with E-state index in [4.69, 9.17) is 4.74 Å². The van der Waals surface area contributed by atoms with Crippen molar-refractivity contribution in [2.45, 2.75) is 33.7 Å². The van der Waals surface area contributed by atoms with Gasteiger partial charge in [0.05, 0.1) is 0 Å². The molecular formula is C16H25FN2O2. The van der Waals surface area contributed by atoms with Gasteiger partial charge in [0.1, 0.15) is 11.6 Å². The Balaban J connectivity index is 2.67. The van der Waals surface area contributed by atoms with Gasteiger partial charge >= 0.3 is 0 Å². The topological polar surface area (TPSA) is 50.4 Å². The molecule has 1 rings (SSSR count). The van der Waals surface area contributed by atoms with Gasteiger partial charge in [-0.3, -0.25) is 4.79 Å². The Labute approximate surface area is 126 Å². The second-order valence-electron chi connectivity index (χ2n) is 5.45. The van der Waals surface area contributed by atoms with Crippen molar-refractivity contribution < 1.29 is 13.9 Å². The molecule has 0 saturated heterocycles. The van der Waals surface area contributed by atoms with Crippen LogP contribution in [0, 0.1) is 11.7 Å². The Morgan fingerprint density at radius 2 is 2.05 bits per heavy atom. The molecule has 1 aromatic rings. The zero-order valence-electron chi connectivity index (χ0n) is 13.2. The largest absolute Gasteiger partial charge is 0.483 e. The van der Waals surface area contributed by atoms with E-state index in [1.165, 1.54) is 12.1 Å². The summed E-state index contributed by atoms with van der Waals surface area (Å²) in [5.74, 6) is 0.440. The lowest BCUT2D eigenvalue weighted by Gasteiger charge is -2.18. The normalized spacial score (nSPS) is 12.3. The summed E-state index contributed by atoms with van der Waals surface area (Å²) in [5.41, 5.74) is 0.716. The summed E-state index contributed by atoms with van der Waals surface area (Å²) in [6.07, 6.45) is 0. The average molecular weight is 296 g/mol. The van der Waals surface area contributed by atoms with Crippen molar-refractivity contribution in [1.82, 2.24) is 10.6 Å². The number of ether oxygens (including phenoxy) is 1. The quantitative estimate of drug-likeness (QED) is 0.775. The van der Waals surface area contributed by atoms with Gasteiger partial charge in [0.25, 0.3) is 5.91 Å². The summed E-state index contributed by atoms with van der Waals surface area (Å²) < 4.78 is 18.9. The van der Waals surface area contributed by atoms with E-state index >= 15 is 0 Å². The molecule has 0 spiro atoms. The molecule has 1 atom stereocenters. The highest BCUT2D eigenvalue weighted by molar-refractivity contribution is 5.77. The molecule has 0 saturated carbocycles. The first-order valence-electron chi connectivity index (χ1n) is 7.36. The maximum absolute atomic E-state index is 13.4. The standard InChI is InChI=1S/C16H25FN2O2/c1-5-18-12(4)14-8-13(17)6-7-15(14)21-10-16(20)19-9-11(2)3/h6-8,11-12,18H,5,9-10H2,1-4H3,(H,19,20). The van der Waals surface area contributed by atoms with Crippen molar-refractivity contribution in [3.63, 3.8) is 0 Å². The lowest BCUT2D eigenvalue weighted by Crippen LogP contribution is -2.32. The molecule has 0 heterocycles. The minimum Gasteiger partial charge on any atom is -0.483 e. The van der Waals surface area contributed by atoms with E-state index in [1.807, 2.05) is 27.7 Å². The highest BCUT2D eigenvalue weighted by atomic mass is 19.1. The van der Waals surface area contributed by atoms with Crippen molar-refractivity contribution in [3.8, 4) is 5.75 Å². The van der Waals surface area contributed by atoms with Gasteiger partial charge in [-0.2, -0.15) is 0 Å². The van der Waals surface area contributed by atoms with E-state index in [-0.39, 0.29) is 24.4 Å². The van der Waals surface area contributed by atoms with Gasteiger partial charge in [0, 0.05) is 18.2 Å². The van der Waals surface area contributed by atoms with Gasteiger partial charge in [-0.25, -0.2) is 4.39 Å². The lowest BCUT2D eigenvalue weighted by molar-refractivity contribution is -0.123. The first-order valence-corrected chi connectivity index (χ1v) is 7.36. The zero-order chi connectivity index (χ0) is 15.8. The van der Waals surface area contributed by atoms with Crippen LogP contribution >= 0.6 is 0 Å². The molecule has 4 nitrogen and oxygen atoms in total. The van der Waals surface area contributed by atoms with Gasteiger partial charge in [0.15, 0.2) is 6.61 Å². The smallest absolute Gasteiger partial charge is 0.257 e. The zero-order valence-corrected chi connectivity index (χ0v) is 13.2. The summed E-state index contributed by atoms with van der Waals surface area (Å²) in [4.78, 5) is 11.7. The molecular weight excluding hydrogens is 271 g/mol. The molecule has 1 unspecified atom stereocenters. The van der Waals surface area contributed by atoms with E-state index in [0.717, 1.165) is 6.54 Å². The van der Waals surface area contributed by atoms with Gasteiger partial charge < -0.3 is 15.4 Å².